The van der Waals surface area contributed by atoms with Crippen molar-refractivity contribution in [3.8, 4) is 0 Å². The summed E-state index contributed by atoms with van der Waals surface area (Å²) in [7, 11) is 0. The van der Waals surface area contributed by atoms with Crippen molar-refractivity contribution in [2.75, 3.05) is 0 Å². The minimum Gasteiger partial charge on any atom is -0.273 e. The first-order valence-electron chi connectivity index (χ1n) is 5.45. The van der Waals surface area contributed by atoms with E-state index in [4.69, 9.17) is 0 Å². The van der Waals surface area contributed by atoms with Crippen LogP contribution in [0.15, 0.2) is 18.2 Å². The first kappa shape index (κ1) is 11.8. The van der Waals surface area contributed by atoms with Gasteiger partial charge in [-0.25, -0.2) is 5.32 Å². The van der Waals surface area contributed by atoms with Crippen LogP contribution >= 0.6 is 0 Å². The number of nitrogens with zero attached hydrogens (tertiary/aromatic N) is 1. The number of benzene rings is 1. The summed E-state index contributed by atoms with van der Waals surface area (Å²) in [5, 5.41) is 3.99. The first-order valence-corrected chi connectivity index (χ1v) is 5.45. The molecule has 0 spiro atoms. The van der Waals surface area contributed by atoms with Crippen LogP contribution in [0.4, 0.5) is 5.69 Å². The Kier molecular flexibility index (Phi) is 4.35. The van der Waals surface area contributed by atoms with Gasteiger partial charge in [-0.1, -0.05) is 25.5 Å². The van der Waals surface area contributed by atoms with Crippen molar-refractivity contribution in [1.82, 2.24) is 5.32 Å². The van der Waals surface area contributed by atoms with Crippen LogP contribution in [-0.2, 0) is 11.2 Å². The van der Waals surface area contributed by atoms with Gasteiger partial charge in [-0.05, 0) is 37.0 Å². The molecule has 1 rings (SSSR count). The average molecular weight is 204 g/mol. The predicted octanol–water partition coefficient (Wildman–Crippen LogP) is 3.12. The molecule has 0 heterocycles. The second-order valence-electron chi connectivity index (χ2n) is 3.86. The Labute approximate surface area is 91.7 Å². The number of unbranched alkanes of at least 4 members (excludes halogenated alkanes) is 1. The Bertz CT molecular complexity index is 344. The smallest absolute Gasteiger partial charge is 0.243 e. The van der Waals surface area contributed by atoms with Gasteiger partial charge in [0.15, 0.2) is 0 Å². The van der Waals surface area contributed by atoms with Crippen molar-refractivity contribution in [1.29, 1.82) is 0 Å². The van der Waals surface area contributed by atoms with Crippen LogP contribution in [0.5, 0.6) is 0 Å². The Hall–Kier alpha value is -1.31. The minimum atomic E-state index is -0.134. The molecule has 0 N–H and O–H groups in total. The molecular weight excluding hydrogens is 186 g/mol. The molecule has 0 fully saturated rings. The average Bonchev–Trinajstić information content (AvgIpc) is 2.18. The van der Waals surface area contributed by atoms with Gasteiger partial charge in [-0.15, -0.1) is 0 Å². The molecule has 0 aliphatic carbocycles. The maximum Gasteiger partial charge on any atom is 0.243 e. The highest BCUT2D eigenvalue weighted by molar-refractivity contribution is 5.79. The fourth-order valence-electron chi connectivity index (χ4n) is 1.48. The molecule has 0 saturated heterocycles. The van der Waals surface area contributed by atoms with Crippen molar-refractivity contribution in [3.63, 3.8) is 0 Å². The highest BCUT2D eigenvalue weighted by Gasteiger charge is 2.03. The van der Waals surface area contributed by atoms with Gasteiger partial charge < -0.3 is 0 Å². The van der Waals surface area contributed by atoms with E-state index in [0.717, 1.165) is 17.7 Å². The molecule has 1 aromatic rings. The van der Waals surface area contributed by atoms with Gasteiger partial charge >= 0.3 is 0 Å². The number of carbonyl (C=O) groups excluding carboxylic acids is 1. The van der Waals surface area contributed by atoms with Crippen molar-refractivity contribution in [2.24, 2.45) is 0 Å². The second kappa shape index (κ2) is 5.54. The number of rotatable bonds is 4. The van der Waals surface area contributed by atoms with Gasteiger partial charge in [0.2, 0.25) is 5.91 Å². The zero-order valence-corrected chi connectivity index (χ0v) is 9.71. The van der Waals surface area contributed by atoms with Gasteiger partial charge in [-0.3, -0.25) is 4.79 Å². The van der Waals surface area contributed by atoms with Crippen LogP contribution in [0.1, 0.15) is 37.8 Å². The quantitative estimate of drug-likeness (QED) is 0.741. The molecule has 0 aromatic heterocycles. The van der Waals surface area contributed by atoms with Gasteiger partial charge in [0.1, 0.15) is 0 Å². The highest BCUT2D eigenvalue weighted by Crippen LogP contribution is 2.18. The summed E-state index contributed by atoms with van der Waals surface area (Å²) < 4.78 is 0. The molecule has 2 heteroatoms. The SMILES string of the molecule is CCCCc1ccc(C)c([N]C(C)=O)c1. The largest absolute Gasteiger partial charge is 0.273 e. The summed E-state index contributed by atoms with van der Waals surface area (Å²) in [5.74, 6) is -0.134. The van der Waals surface area contributed by atoms with Gasteiger partial charge in [0.05, 0.1) is 5.69 Å². The van der Waals surface area contributed by atoms with E-state index in [9.17, 15) is 4.79 Å². The zero-order chi connectivity index (χ0) is 11.3. The molecule has 1 amide bonds. The van der Waals surface area contributed by atoms with Crippen molar-refractivity contribution in [3.05, 3.63) is 29.3 Å². The minimum absolute atomic E-state index is 0.134. The molecule has 0 unspecified atom stereocenters. The van der Waals surface area contributed by atoms with Crippen LogP contribution in [0.3, 0.4) is 0 Å². The lowest BCUT2D eigenvalue weighted by atomic mass is 10.1. The number of carbonyl (C=O) groups is 1. The first-order chi connectivity index (χ1) is 7.13. The predicted molar refractivity (Wildman–Crippen MR) is 62.3 cm³/mol. The number of amides is 1. The van der Waals surface area contributed by atoms with Gasteiger partial charge in [0, 0.05) is 6.92 Å². The summed E-state index contributed by atoms with van der Waals surface area (Å²) in [6, 6.07) is 6.17. The molecule has 0 saturated carbocycles. The van der Waals surface area contributed by atoms with E-state index in [1.165, 1.54) is 25.3 Å². The third-order valence-corrected chi connectivity index (χ3v) is 2.37. The lowest BCUT2D eigenvalue weighted by molar-refractivity contribution is -0.118. The highest BCUT2D eigenvalue weighted by atomic mass is 16.1. The maximum atomic E-state index is 10.9. The van der Waals surface area contributed by atoms with Crippen LogP contribution < -0.4 is 5.32 Å². The summed E-state index contributed by atoms with van der Waals surface area (Å²) in [6.45, 7) is 5.64. The van der Waals surface area contributed by atoms with E-state index >= 15 is 0 Å². The molecule has 1 aromatic carbocycles. The fourth-order valence-corrected chi connectivity index (χ4v) is 1.48. The Morgan fingerprint density at radius 2 is 2.13 bits per heavy atom. The summed E-state index contributed by atoms with van der Waals surface area (Å²) in [4.78, 5) is 10.9. The standard InChI is InChI=1S/C13H18NO/c1-4-5-6-12-8-7-10(2)13(9-12)14-11(3)15/h7-9H,4-6H2,1-3H3. The van der Waals surface area contributed by atoms with Crippen molar-refractivity contribution in [2.45, 2.75) is 40.0 Å². The molecule has 0 bridgehead atoms. The number of hydrogen-bond donors (Lipinski definition) is 0. The van der Waals surface area contributed by atoms with E-state index in [0.29, 0.717) is 0 Å². The molecule has 0 aliphatic rings. The van der Waals surface area contributed by atoms with E-state index in [-0.39, 0.29) is 5.91 Å². The maximum absolute atomic E-state index is 10.9. The van der Waals surface area contributed by atoms with E-state index in [1.54, 1.807) is 0 Å². The van der Waals surface area contributed by atoms with E-state index < -0.39 is 0 Å². The topological polar surface area (TPSA) is 31.2 Å². The zero-order valence-electron chi connectivity index (χ0n) is 9.71. The lowest BCUT2D eigenvalue weighted by Gasteiger charge is -2.06. The third kappa shape index (κ3) is 3.74. The van der Waals surface area contributed by atoms with Crippen LogP contribution in [0.25, 0.3) is 0 Å². The molecule has 2 nitrogen and oxygen atoms in total. The summed E-state index contributed by atoms with van der Waals surface area (Å²) in [5.41, 5.74) is 3.14. The molecule has 81 valence electrons. The second-order valence-corrected chi connectivity index (χ2v) is 3.86. The monoisotopic (exact) mass is 204 g/mol. The third-order valence-electron chi connectivity index (χ3n) is 2.37. The molecule has 0 aliphatic heterocycles. The summed E-state index contributed by atoms with van der Waals surface area (Å²) in [6.07, 6.45) is 3.44. The lowest BCUT2D eigenvalue weighted by Crippen LogP contribution is -2.06. The Morgan fingerprint density at radius 3 is 2.73 bits per heavy atom. The normalized spacial score (nSPS) is 10.1. The molecule has 15 heavy (non-hydrogen) atoms. The van der Waals surface area contributed by atoms with Crippen molar-refractivity contribution >= 4 is 11.6 Å². The molecular formula is C13H18NO. The van der Waals surface area contributed by atoms with Crippen LogP contribution in [0.2, 0.25) is 0 Å². The van der Waals surface area contributed by atoms with Crippen molar-refractivity contribution < 1.29 is 4.79 Å². The number of aryl methyl sites for hydroxylation is 2. The number of hydrogen-bond acceptors (Lipinski definition) is 1. The summed E-state index contributed by atoms with van der Waals surface area (Å²) >= 11 is 0. The van der Waals surface area contributed by atoms with Crippen LogP contribution in [0, 0.1) is 6.92 Å². The van der Waals surface area contributed by atoms with Crippen LogP contribution in [-0.4, -0.2) is 5.91 Å². The van der Waals surface area contributed by atoms with Gasteiger partial charge in [0.25, 0.3) is 0 Å². The Balaban J connectivity index is 2.80. The van der Waals surface area contributed by atoms with E-state index in [1.807, 2.05) is 19.1 Å². The molecule has 0 atom stereocenters. The molecule has 1 radical (unpaired) electrons. The van der Waals surface area contributed by atoms with E-state index in [2.05, 4.69) is 18.3 Å². The fraction of sp³-hybridized carbons (Fsp3) is 0.462. The Morgan fingerprint density at radius 1 is 1.40 bits per heavy atom. The van der Waals surface area contributed by atoms with Gasteiger partial charge in [-0.2, -0.15) is 0 Å².